The monoisotopic (exact) mass is 348 g/mol. The molecular weight excluding hydrogens is 320 g/mol. The van der Waals surface area contributed by atoms with E-state index < -0.39 is 0 Å². The molecule has 3 aromatic rings. The van der Waals surface area contributed by atoms with E-state index >= 15 is 0 Å². The Hall–Kier alpha value is -2.49. The fourth-order valence-corrected chi connectivity index (χ4v) is 3.61. The van der Waals surface area contributed by atoms with Gasteiger partial charge in [0, 0.05) is 17.1 Å². The van der Waals surface area contributed by atoms with E-state index in [2.05, 4.69) is 54.2 Å². The summed E-state index contributed by atoms with van der Waals surface area (Å²) in [4.78, 5) is 4.41. The van der Waals surface area contributed by atoms with E-state index in [1.54, 1.807) is 0 Å². The van der Waals surface area contributed by atoms with Gasteiger partial charge in [-0.3, -0.25) is 4.98 Å². The van der Waals surface area contributed by atoms with Crippen molar-refractivity contribution in [3.63, 3.8) is 0 Å². The lowest BCUT2D eigenvalue weighted by Crippen LogP contribution is -2.08. The Bertz CT molecular complexity index is 888. The number of hydrogen-bond donors (Lipinski definition) is 1. The van der Waals surface area contributed by atoms with Gasteiger partial charge in [0.1, 0.15) is 5.82 Å². The van der Waals surface area contributed by atoms with E-state index in [4.69, 9.17) is 5.73 Å². The number of nitrogens with two attached hydrogens (primary N) is 1. The summed E-state index contributed by atoms with van der Waals surface area (Å²) in [6.45, 7) is 6.59. The number of nitrogens with zero attached hydrogens (tertiary/aromatic N) is 3. The van der Waals surface area contributed by atoms with Gasteiger partial charge in [-0.1, -0.05) is 51.7 Å². The van der Waals surface area contributed by atoms with Crippen molar-refractivity contribution in [2.75, 3.05) is 5.73 Å². The van der Waals surface area contributed by atoms with Crippen LogP contribution in [0.3, 0.4) is 0 Å². The predicted molar refractivity (Wildman–Crippen MR) is 109 cm³/mol. The smallest absolute Gasteiger partial charge is 0.149 e. The van der Waals surface area contributed by atoms with Crippen LogP contribution in [0.4, 0.5) is 5.82 Å². The number of unbranched alkanes of at least 4 members (excludes halogenated alkanes) is 3. The molecule has 1 atom stereocenters. The third-order valence-corrected chi connectivity index (χ3v) is 5.16. The lowest BCUT2D eigenvalue weighted by molar-refractivity contribution is 0.577. The van der Waals surface area contributed by atoms with Crippen molar-refractivity contribution in [1.82, 2.24) is 15.2 Å². The normalized spacial score (nSPS) is 12.4. The van der Waals surface area contributed by atoms with E-state index in [1.807, 2.05) is 18.3 Å². The molecule has 0 aliphatic heterocycles. The predicted octanol–water partition coefficient (Wildman–Crippen LogP) is 5.66. The molecule has 1 aromatic carbocycles. The maximum atomic E-state index is 6.09. The van der Waals surface area contributed by atoms with Gasteiger partial charge in [-0.15, -0.1) is 10.2 Å². The Morgan fingerprint density at radius 3 is 2.73 bits per heavy atom. The van der Waals surface area contributed by atoms with Crippen molar-refractivity contribution in [2.45, 2.75) is 58.8 Å². The van der Waals surface area contributed by atoms with E-state index in [0.29, 0.717) is 11.7 Å². The number of hydrogen-bond acceptors (Lipinski definition) is 4. The largest absolute Gasteiger partial charge is 0.382 e. The van der Waals surface area contributed by atoms with Crippen LogP contribution in [0.1, 0.15) is 63.0 Å². The van der Waals surface area contributed by atoms with Gasteiger partial charge in [-0.05, 0) is 48.6 Å². The molecule has 3 rings (SSSR count). The first-order chi connectivity index (χ1) is 12.6. The molecule has 0 radical (unpaired) electrons. The molecule has 26 heavy (non-hydrogen) atoms. The zero-order valence-corrected chi connectivity index (χ0v) is 16.0. The first-order valence-corrected chi connectivity index (χ1v) is 9.59. The molecule has 0 amide bonds. The molecule has 1 unspecified atom stereocenters. The summed E-state index contributed by atoms with van der Waals surface area (Å²) in [6.07, 6.45) is 8.04. The first-order valence-electron chi connectivity index (χ1n) is 9.59. The van der Waals surface area contributed by atoms with Gasteiger partial charge in [-0.25, -0.2) is 0 Å². The Morgan fingerprint density at radius 2 is 1.92 bits per heavy atom. The van der Waals surface area contributed by atoms with Gasteiger partial charge in [0.2, 0.25) is 0 Å². The van der Waals surface area contributed by atoms with Gasteiger partial charge in [0.25, 0.3) is 0 Å². The standard InChI is InChI=1S/C22H28N4/c1-4-5-6-7-9-15(2)20-16(3)22(23)26-25-21(20)18-11-12-19-17(14-18)10-8-13-24-19/h8,10-15H,4-7,9H2,1-3H3,(H2,23,26). The number of rotatable bonds is 7. The summed E-state index contributed by atoms with van der Waals surface area (Å²) < 4.78 is 0. The minimum absolute atomic E-state index is 0.407. The molecule has 136 valence electrons. The molecule has 0 bridgehead atoms. The highest BCUT2D eigenvalue weighted by atomic mass is 15.1. The highest BCUT2D eigenvalue weighted by molar-refractivity contribution is 5.84. The molecule has 2 heterocycles. The van der Waals surface area contributed by atoms with E-state index in [9.17, 15) is 0 Å². The molecule has 0 saturated carbocycles. The van der Waals surface area contributed by atoms with Crippen LogP contribution in [0.25, 0.3) is 22.2 Å². The maximum absolute atomic E-state index is 6.09. The van der Waals surface area contributed by atoms with E-state index in [-0.39, 0.29) is 0 Å². The summed E-state index contributed by atoms with van der Waals surface area (Å²) in [5.74, 6) is 0.941. The van der Waals surface area contributed by atoms with Crippen molar-refractivity contribution in [1.29, 1.82) is 0 Å². The Morgan fingerprint density at radius 1 is 1.08 bits per heavy atom. The van der Waals surface area contributed by atoms with Crippen molar-refractivity contribution < 1.29 is 0 Å². The average Bonchev–Trinajstić information content (AvgIpc) is 2.66. The highest BCUT2D eigenvalue weighted by Gasteiger charge is 2.19. The van der Waals surface area contributed by atoms with Crippen molar-refractivity contribution in [3.05, 3.63) is 47.7 Å². The summed E-state index contributed by atoms with van der Waals surface area (Å²) in [6, 6.07) is 10.3. The first kappa shape index (κ1) is 18.3. The summed E-state index contributed by atoms with van der Waals surface area (Å²) >= 11 is 0. The van der Waals surface area contributed by atoms with Crippen LogP contribution < -0.4 is 5.73 Å². The molecule has 4 nitrogen and oxygen atoms in total. The highest BCUT2D eigenvalue weighted by Crippen LogP contribution is 2.35. The number of anilines is 1. The van der Waals surface area contributed by atoms with E-state index in [1.165, 1.54) is 31.2 Å². The Balaban J connectivity index is 1.99. The van der Waals surface area contributed by atoms with Gasteiger partial charge in [-0.2, -0.15) is 0 Å². The zero-order valence-electron chi connectivity index (χ0n) is 16.0. The number of pyridine rings is 1. The second kappa shape index (κ2) is 8.26. The molecule has 2 N–H and O–H groups in total. The molecule has 0 aliphatic carbocycles. The lowest BCUT2D eigenvalue weighted by atomic mass is 9.88. The molecule has 0 saturated heterocycles. The number of fused-ring (bicyclic) bond motifs is 1. The summed E-state index contributed by atoms with van der Waals surface area (Å²) in [7, 11) is 0. The fraction of sp³-hybridized carbons (Fsp3) is 0.409. The molecule has 0 fully saturated rings. The van der Waals surface area contributed by atoms with Crippen molar-refractivity contribution in [2.24, 2.45) is 0 Å². The van der Waals surface area contributed by atoms with Crippen LogP contribution >= 0.6 is 0 Å². The quantitative estimate of drug-likeness (QED) is 0.560. The lowest BCUT2D eigenvalue weighted by Gasteiger charge is -2.19. The van der Waals surface area contributed by atoms with Crippen molar-refractivity contribution >= 4 is 16.7 Å². The number of aromatic nitrogens is 3. The average molecular weight is 348 g/mol. The maximum Gasteiger partial charge on any atom is 0.149 e. The van der Waals surface area contributed by atoms with Crippen LogP contribution in [-0.2, 0) is 0 Å². The molecular formula is C22H28N4. The molecule has 4 heteroatoms. The molecule has 0 aliphatic rings. The van der Waals surface area contributed by atoms with Gasteiger partial charge < -0.3 is 5.73 Å². The summed E-state index contributed by atoms with van der Waals surface area (Å²) in [5, 5.41) is 9.80. The second-order valence-corrected chi connectivity index (χ2v) is 7.13. The molecule has 0 spiro atoms. The number of benzene rings is 1. The number of nitrogen functional groups attached to an aromatic ring is 1. The second-order valence-electron chi connectivity index (χ2n) is 7.13. The third-order valence-electron chi connectivity index (χ3n) is 5.16. The van der Waals surface area contributed by atoms with Crippen LogP contribution in [-0.4, -0.2) is 15.2 Å². The minimum Gasteiger partial charge on any atom is -0.382 e. The van der Waals surface area contributed by atoms with Crippen molar-refractivity contribution in [3.8, 4) is 11.3 Å². The SMILES string of the molecule is CCCCCCC(C)c1c(-c2ccc3ncccc3c2)nnc(N)c1C. The van der Waals surface area contributed by atoms with Crippen LogP contribution in [0, 0.1) is 6.92 Å². The van der Waals surface area contributed by atoms with Gasteiger partial charge in [0.15, 0.2) is 0 Å². The van der Waals surface area contributed by atoms with Crippen LogP contribution in [0.2, 0.25) is 0 Å². The minimum atomic E-state index is 0.407. The van der Waals surface area contributed by atoms with Gasteiger partial charge in [0.05, 0.1) is 11.2 Å². The third kappa shape index (κ3) is 3.85. The Labute approximate surface area is 155 Å². The van der Waals surface area contributed by atoms with Gasteiger partial charge >= 0.3 is 0 Å². The summed E-state index contributed by atoms with van der Waals surface area (Å²) in [5.41, 5.74) is 11.4. The topological polar surface area (TPSA) is 64.7 Å². The van der Waals surface area contributed by atoms with Crippen LogP contribution in [0.5, 0.6) is 0 Å². The zero-order chi connectivity index (χ0) is 18.5. The Kier molecular flexibility index (Phi) is 5.82. The molecule has 2 aromatic heterocycles. The van der Waals surface area contributed by atoms with Crippen LogP contribution in [0.15, 0.2) is 36.5 Å². The van der Waals surface area contributed by atoms with E-state index in [0.717, 1.165) is 34.1 Å². The fourth-order valence-electron chi connectivity index (χ4n) is 3.61.